The van der Waals surface area contributed by atoms with Gasteiger partial charge in [-0.15, -0.1) is 0 Å². The molecule has 1 aliphatic heterocycles. The lowest BCUT2D eigenvalue weighted by atomic mass is 9.94. The van der Waals surface area contributed by atoms with E-state index in [-0.39, 0.29) is 6.04 Å². The summed E-state index contributed by atoms with van der Waals surface area (Å²) in [4.78, 5) is 4.61. The largest absolute Gasteiger partial charge is 0.387 e. The lowest BCUT2D eigenvalue weighted by Crippen LogP contribution is -2.45. The summed E-state index contributed by atoms with van der Waals surface area (Å²) < 4.78 is 0. The van der Waals surface area contributed by atoms with Crippen molar-refractivity contribution < 1.29 is 5.11 Å². The zero-order valence-corrected chi connectivity index (χ0v) is 15.2. The van der Waals surface area contributed by atoms with Crippen molar-refractivity contribution in [2.75, 3.05) is 24.6 Å². The van der Waals surface area contributed by atoms with Gasteiger partial charge in [0.25, 0.3) is 0 Å². The molecule has 1 saturated heterocycles. The summed E-state index contributed by atoms with van der Waals surface area (Å²) in [5.41, 5.74) is 0.676. The molecule has 23 heavy (non-hydrogen) atoms. The van der Waals surface area contributed by atoms with Crippen LogP contribution >= 0.6 is 11.8 Å². The second-order valence-electron chi connectivity index (χ2n) is 6.35. The van der Waals surface area contributed by atoms with Crippen molar-refractivity contribution >= 4 is 17.7 Å². The number of benzene rings is 1. The van der Waals surface area contributed by atoms with Gasteiger partial charge in [0.05, 0.1) is 12.1 Å². The average molecular weight is 336 g/mol. The fourth-order valence-electron chi connectivity index (χ4n) is 2.65. The van der Waals surface area contributed by atoms with Crippen LogP contribution in [0, 0.1) is 0 Å². The smallest absolute Gasteiger partial charge is 0.191 e. The lowest BCUT2D eigenvalue weighted by Gasteiger charge is -2.25. The van der Waals surface area contributed by atoms with Crippen LogP contribution < -0.4 is 10.6 Å². The Labute approximate surface area is 144 Å². The Balaban J connectivity index is 1.97. The Bertz CT molecular complexity index is 500. The molecule has 1 heterocycles. The zero-order chi connectivity index (χ0) is 16.7. The molecule has 4 nitrogen and oxygen atoms in total. The molecule has 3 N–H and O–H groups in total. The van der Waals surface area contributed by atoms with E-state index in [0.29, 0.717) is 12.5 Å². The van der Waals surface area contributed by atoms with Crippen molar-refractivity contribution in [3.63, 3.8) is 0 Å². The molecule has 0 aliphatic carbocycles. The molecule has 128 valence electrons. The fourth-order valence-corrected chi connectivity index (χ4v) is 3.94. The summed E-state index contributed by atoms with van der Waals surface area (Å²) in [6.45, 7) is 7.72. The third kappa shape index (κ3) is 5.43. The minimum atomic E-state index is -0.638. The third-order valence-corrected chi connectivity index (χ3v) is 5.63. The Hall–Kier alpha value is -1.20. The van der Waals surface area contributed by atoms with Crippen molar-refractivity contribution in [3.8, 4) is 0 Å². The van der Waals surface area contributed by atoms with Gasteiger partial charge >= 0.3 is 0 Å². The average Bonchev–Trinajstić information content (AvgIpc) is 3.00. The molecule has 0 aromatic heterocycles. The highest BCUT2D eigenvalue weighted by Gasteiger charge is 2.31. The third-order valence-electron chi connectivity index (χ3n) is 4.40. The van der Waals surface area contributed by atoms with E-state index >= 15 is 0 Å². The number of guanidine groups is 1. The molecular formula is C18H29N3OS. The second kappa shape index (κ2) is 8.60. The molecule has 0 saturated carbocycles. The van der Waals surface area contributed by atoms with E-state index < -0.39 is 5.60 Å². The Morgan fingerprint density at radius 3 is 2.70 bits per heavy atom. The van der Waals surface area contributed by atoms with Crippen LogP contribution in [0.25, 0.3) is 0 Å². The van der Waals surface area contributed by atoms with Crippen LogP contribution in [-0.2, 0) is 0 Å². The maximum atomic E-state index is 10.4. The Morgan fingerprint density at radius 2 is 2.09 bits per heavy atom. The number of nitrogens with zero attached hydrogens (tertiary/aromatic N) is 1. The van der Waals surface area contributed by atoms with Crippen LogP contribution in [0.5, 0.6) is 0 Å². The highest BCUT2D eigenvalue weighted by Crippen LogP contribution is 2.27. The van der Waals surface area contributed by atoms with Gasteiger partial charge in [0.1, 0.15) is 0 Å². The molecule has 1 aliphatic rings. The van der Waals surface area contributed by atoms with Crippen molar-refractivity contribution in [2.45, 2.75) is 44.8 Å². The van der Waals surface area contributed by atoms with Gasteiger partial charge in [-0.2, -0.15) is 11.8 Å². The summed E-state index contributed by atoms with van der Waals surface area (Å²) in [6.07, 6.45) is 0.830. The normalized spacial score (nSPS) is 24.3. The van der Waals surface area contributed by atoms with Crippen LogP contribution in [0.3, 0.4) is 0 Å². The predicted octanol–water partition coefficient (Wildman–Crippen LogP) is 2.60. The molecule has 0 bridgehead atoms. The molecular weight excluding hydrogens is 306 g/mol. The first kappa shape index (κ1) is 18.1. The molecule has 2 rings (SSSR count). The SMILES string of the molecule is CCNC(=NCC1(O)CCSC1)NC(C)C(C)c1ccccc1. The van der Waals surface area contributed by atoms with Gasteiger partial charge in [0, 0.05) is 24.3 Å². The van der Waals surface area contributed by atoms with E-state index in [9.17, 15) is 5.11 Å². The number of aliphatic imine (C=N–C) groups is 1. The number of rotatable bonds is 6. The van der Waals surface area contributed by atoms with Gasteiger partial charge in [-0.05, 0) is 31.6 Å². The zero-order valence-electron chi connectivity index (χ0n) is 14.4. The quantitative estimate of drug-likeness (QED) is 0.552. The predicted molar refractivity (Wildman–Crippen MR) is 100 cm³/mol. The fraction of sp³-hybridized carbons (Fsp3) is 0.611. The van der Waals surface area contributed by atoms with Gasteiger partial charge in [0.2, 0.25) is 0 Å². The summed E-state index contributed by atoms with van der Waals surface area (Å²) >= 11 is 1.80. The van der Waals surface area contributed by atoms with Crippen molar-refractivity contribution in [2.24, 2.45) is 4.99 Å². The lowest BCUT2D eigenvalue weighted by molar-refractivity contribution is 0.0778. The monoisotopic (exact) mass is 335 g/mol. The summed E-state index contributed by atoms with van der Waals surface area (Å²) in [7, 11) is 0. The number of thioether (sulfide) groups is 1. The Kier molecular flexibility index (Phi) is 6.78. The van der Waals surface area contributed by atoms with Crippen LogP contribution in [0.1, 0.15) is 38.7 Å². The molecule has 0 radical (unpaired) electrons. The van der Waals surface area contributed by atoms with Crippen LogP contribution in [0.2, 0.25) is 0 Å². The molecule has 0 spiro atoms. The highest BCUT2D eigenvalue weighted by atomic mass is 32.2. The topological polar surface area (TPSA) is 56.7 Å². The van der Waals surface area contributed by atoms with Gasteiger partial charge in [-0.25, -0.2) is 0 Å². The maximum absolute atomic E-state index is 10.4. The van der Waals surface area contributed by atoms with E-state index in [0.717, 1.165) is 30.4 Å². The van der Waals surface area contributed by atoms with Gasteiger partial charge < -0.3 is 15.7 Å². The number of hydrogen-bond donors (Lipinski definition) is 3. The minimum Gasteiger partial charge on any atom is -0.387 e. The van der Waals surface area contributed by atoms with E-state index in [1.54, 1.807) is 11.8 Å². The number of hydrogen-bond acceptors (Lipinski definition) is 3. The number of aliphatic hydroxyl groups is 1. The molecule has 5 heteroatoms. The van der Waals surface area contributed by atoms with E-state index in [1.165, 1.54) is 5.56 Å². The molecule has 3 unspecified atom stereocenters. The summed E-state index contributed by atoms with van der Waals surface area (Å²) in [6, 6.07) is 10.8. The van der Waals surface area contributed by atoms with Crippen LogP contribution in [0.15, 0.2) is 35.3 Å². The first-order chi connectivity index (χ1) is 11.0. The van der Waals surface area contributed by atoms with Gasteiger partial charge in [0.15, 0.2) is 5.96 Å². The maximum Gasteiger partial charge on any atom is 0.191 e. The van der Waals surface area contributed by atoms with E-state index in [4.69, 9.17) is 0 Å². The number of nitrogens with one attached hydrogen (secondary N) is 2. The molecule has 1 aromatic rings. The van der Waals surface area contributed by atoms with Crippen LogP contribution in [0.4, 0.5) is 0 Å². The standard InChI is InChI=1S/C18H29N3OS/c1-4-19-17(20-12-18(22)10-11-23-13-18)21-15(3)14(2)16-8-6-5-7-9-16/h5-9,14-15,22H,4,10-13H2,1-3H3,(H2,19,20,21). The van der Waals surface area contributed by atoms with E-state index in [1.807, 2.05) is 6.07 Å². The molecule has 3 atom stereocenters. The second-order valence-corrected chi connectivity index (χ2v) is 7.46. The summed E-state index contributed by atoms with van der Waals surface area (Å²) in [5, 5.41) is 17.2. The van der Waals surface area contributed by atoms with Gasteiger partial charge in [-0.1, -0.05) is 37.3 Å². The minimum absolute atomic E-state index is 0.253. The van der Waals surface area contributed by atoms with Crippen molar-refractivity contribution in [1.29, 1.82) is 0 Å². The van der Waals surface area contributed by atoms with Gasteiger partial charge in [-0.3, -0.25) is 4.99 Å². The van der Waals surface area contributed by atoms with Crippen molar-refractivity contribution in [3.05, 3.63) is 35.9 Å². The van der Waals surface area contributed by atoms with E-state index in [2.05, 4.69) is 60.7 Å². The van der Waals surface area contributed by atoms with Crippen molar-refractivity contribution in [1.82, 2.24) is 10.6 Å². The van der Waals surface area contributed by atoms with Crippen LogP contribution in [-0.4, -0.2) is 47.3 Å². The first-order valence-electron chi connectivity index (χ1n) is 8.44. The highest BCUT2D eigenvalue weighted by molar-refractivity contribution is 7.99. The first-order valence-corrected chi connectivity index (χ1v) is 9.59. The molecule has 1 fully saturated rings. The molecule has 1 aromatic carbocycles. The summed E-state index contributed by atoms with van der Waals surface area (Å²) in [5.74, 6) is 2.97. The Morgan fingerprint density at radius 1 is 1.35 bits per heavy atom. The molecule has 0 amide bonds.